The highest BCUT2D eigenvalue weighted by molar-refractivity contribution is 6.30. The quantitative estimate of drug-likeness (QED) is 0.900. The Balaban J connectivity index is 1.58. The topological polar surface area (TPSA) is 63.2 Å². The molecular formula is C17H18ClN3O2. The van der Waals surface area contributed by atoms with E-state index in [1.54, 1.807) is 42.6 Å². The molecule has 1 atom stereocenters. The van der Waals surface area contributed by atoms with E-state index in [-0.39, 0.29) is 11.8 Å². The highest BCUT2D eigenvalue weighted by Gasteiger charge is 2.20. The molecule has 2 aromatic rings. The Hall–Kier alpha value is -2.11. The number of hydrogen-bond acceptors (Lipinski definition) is 4. The molecule has 1 aromatic heterocycles. The van der Waals surface area contributed by atoms with E-state index in [9.17, 15) is 4.79 Å². The molecular weight excluding hydrogens is 314 g/mol. The molecule has 0 spiro atoms. The van der Waals surface area contributed by atoms with Crippen LogP contribution in [0.3, 0.4) is 0 Å². The summed E-state index contributed by atoms with van der Waals surface area (Å²) in [5.74, 6) is 1.18. The summed E-state index contributed by atoms with van der Waals surface area (Å²) in [7, 11) is 0. The largest absolute Gasteiger partial charge is 0.439 e. The highest BCUT2D eigenvalue weighted by atomic mass is 35.5. The molecule has 2 heterocycles. The number of rotatable bonds is 4. The van der Waals surface area contributed by atoms with Crippen LogP contribution < -0.4 is 15.4 Å². The summed E-state index contributed by atoms with van der Waals surface area (Å²) in [6.45, 7) is 1.72. The van der Waals surface area contributed by atoms with E-state index in [0.29, 0.717) is 22.3 Å². The van der Waals surface area contributed by atoms with E-state index in [1.807, 2.05) is 0 Å². The van der Waals surface area contributed by atoms with Crippen molar-refractivity contribution in [3.05, 3.63) is 47.6 Å². The van der Waals surface area contributed by atoms with Gasteiger partial charge in [0.15, 0.2) is 0 Å². The standard InChI is InChI=1S/C17H18ClN3O2/c18-13-3-6-15(7-4-13)23-16-8-5-14(11-20-16)21-17(22)12-2-1-9-19-10-12/h3-8,11-12,19H,1-2,9-10H2,(H,21,22). The van der Waals surface area contributed by atoms with Crippen molar-refractivity contribution in [1.29, 1.82) is 0 Å². The van der Waals surface area contributed by atoms with Crippen molar-refractivity contribution >= 4 is 23.2 Å². The molecule has 1 unspecified atom stereocenters. The maximum absolute atomic E-state index is 12.2. The first-order valence-corrected chi connectivity index (χ1v) is 7.99. The number of ether oxygens (including phenoxy) is 1. The van der Waals surface area contributed by atoms with Crippen molar-refractivity contribution in [2.24, 2.45) is 5.92 Å². The van der Waals surface area contributed by atoms with Crippen molar-refractivity contribution in [2.75, 3.05) is 18.4 Å². The minimum atomic E-state index is 0.0220. The average Bonchev–Trinajstić information content (AvgIpc) is 2.59. The Labute approximate surface area is 140 Å². The molecule has 3 rings (SSSR count). The van der Waals surface area contributed by atoms with Gasteiger partial charge in [-0.15, -0.1) is 0 Å². The predicted octanol–water partition coefficient (Wildman–Crippen LogP) is 3.47. The minimum Gasteiger partial charge on any atom is -0.439 e. The molecule has 120 valence electrons. The van der Waals surface area contributed by atoms with Gasteiger partial charge in [-0.1, -0.05) is 11.6 Å². The van der Waals surface area contributed by atoms with E-state index in [1.165, 1.54) is 0 Å². The fraction of sp³-hybridized carbons (Fsp3) is 0.294. The highest BCUT2D eigenvalue weighted by Crippen LogP contribution is 2.22. The summed E-state index contributed by atoms with van der Waals surface area (Å²) in [6.07, 6.45) is 3.55. The number of hydrogen-bond donors (Lipinski definition) is 2. The van der Waals surface area contributed by atoms with E-state index >= 15 is 0 Å². The summed E-state index contributed by atoms with van der Waals surface area (Å²) in [6, 6.07) is 10.6. The second-order valence-electron chi connectivity index (χ2n) is 5.47. The molecule has 1 saturated heterocycles. The van der Waals surface area contributed by atoms with Crippen LogP contribution >= 0.6 is 11.6 Å². The van der Waals surface area contributed by atoms with Gasteiger partial charge in [0.2, 0.25) is 11.8 Å². The number of anilines is 1. The van der Waals surface area contributed by atoms with E-state index in [4.69, 9.17) is 16.3 Å². The average molecular weight is 332 g/mol. The van der Waals surface area contributed by atoms with Crippen LogP contribution in [0.25, 0.3) is 0 Å². The first kappa shape index (κ1) is 15.8. The first-order valence-electron chi connectivity index (χ1n) is 7.62. The fourth-order valence-corrected chi connectivity index (χ4v) is 2.58. The van der Waals surface area contributed by atoms with Crippen LogP contribution in [0.5, 0.6) is 11.6 Å². The third-order valence-corrected chi connectivity index (χ3v) is 3.96. The molecule has 1 aliphatic heterocycles. The van der Waals surface area contributed by atoms with Gasteiger partial charge in [-0.3, -0.25) is 4.79 Å². The molecule has 2 N–H and O–H groups in total. The lowest BCUT2D eigenvalue weighted by molar-refractivity contribution is -0.120. The molecule has 0 radical (unpaired) electrons. The van der Waals surface area contributed by atoms with E-state index in [2.05, 4.69) is 15.6 Å². The van der Waals surface area contributed by atoms with Gasteiger partial charge in [0.1, 0.15) is 5.75 Å². The molecule has 5 nitrogen and oxygen atoms in total. The molecule has 6 heteroatoms. The van der Waals surface area contributed by atoms with Gasteiger partial charge >= 0.3 is 0 Å². The number of pyridine rings is 1. The van der Waals surface area contributed by atoms with Crippen LogP contribution in [0.15, 0.2) is 42.6 Å². The second-order valence-corrected chi connectivity index (χ2v) is 5.91. The Kier molecular flexibility index (Phi) is 5.10. The van der Waals surface area contributed by atoms with Gasteiger partial charge in [-0.25, -0.2) is 4.98 Å². The zero-order valence-electron chi connectivity index (χ0n) is 12.6. The lowest BCUT2D eigenvalue weighted by atomic mass is 9.99. The van der Waals surface area contributed by atoms with Crippen molar-refractivity contribution in [1.82, 2.24) is 10.3 Å². The lowest BCUT2D eigenvalue weighted by Crippen LogP contribution is -2.37. The van der Waals surface area contributed by atoms with Gasteiger partial charge in [0.25, 0.3) is 0 Å². The number of carbonyl (C=O) groups is 1. The smallest absolute Gasteiger partial charge is 0.228 e. The molecule has 1 aliphatic rings. The van der Waals surface area contributed by atoms with Gasteiger partial charge in [0.05, 0.1) is 17.8 Å². The molecule has 1 fully saturated rings. The molecule has 0 bridgehead atoms. The summed E-state index contributed by atoms with van der Waals surface area (Å²) >= 11 is 5.83. The maximum Gasteiger partial charge on any atom is 0.228 e. The van der Waals surface area contributed by atoms with Crippen molar-refractivity contribution in [3.63, 3.8) is 0 Å². The number of carbonyl (C=O) groups excluding carboxylic acids is 1. The summed E-state index contributed by atoms with van der Waals surface area (Å²) < 4.78 is 5.62. The molecule has 23 heavy (non-hydrogen) atoms. The number of benzene rings is 1. The zero-order chi connectivity index (χ0) is 16.1. The Morgan fingerprint density at radius 1 is 1.26 bits per heavy atom. The first-order chi connectivity index (χ1) is 11.2. The molecule has 0 aliphatic carbocycles. The van der Waals surface area contributed by atoms with Gasteiger partial charge in [-0.2, -0.15) is 0 Å². The number of amides is 1. The molecule has 1 amide bonds. The predicted molar refractivity (Wildman–Crippen MR) is 90.0 cm³/mol. The van der Waals surface area contributed by atoms with Crippen LogP contribution in [-0.2, 0) is 4.79 Å². The number of halogens is 1. The summed E-state index contributed by atoms with van der Waals surface area (Å²) in [5.41, 5.74) is 0.670. The molecule has 1 aromatic carbocycles. The Morgan fingerprint density at radius 2 is 2.09 bits per heavy atom. The lowest BCUT2D eigenvalue weighted by Gasteiger charge is -2.21. The molecule has 0 saturated carbocycles. The van der Waals surface area contributed by atoms with Crippen LogP contribution in [0, 0.1) is 5.92 Å². The fourth-order valence-electron chi connectivity index (χ4n) is 2.46. The van der Waals surface area contributed by atoms with Crippen LogP contribution in [0.2, 0.25) is 5.02 Å². The Morgan fingerprint density at radius 3 is 2.74 bits per heavy atom. The summed E-state index contributed by atoms with van der Waals surface area (Å²) in [4.78, 5) is 16.4. The number of nitrogens with zero attached hydrogens (tertiary/aromatic N) is 1. The summed E-state index contributed by atoms with van der Waals surface area (Å²) in [5, 5.41) is 6.79. The van der Waals surface area contributed by atoms with Crippen LogP contribution in [0.4, 0.5) is 5.69 Å². The van der Waals surface area contributed by atoms with Gasteiger partial charge in [0, 0.05) is 17.6 Å². The third-order valence-electron chi connectivity index (χ3n) is 3.71. The Bertz CT molecular complexity index is 653. The van der Waals surface area contributed by atoms with Gasteiger partial charge in [-0.05, 0) is 49.7 Å². The van der Waals surface area contributed by atoms with Crippen molar-refractivity contribution in [3.8, 4) is 11.6 Å². The number of piperidine rings is 1. The minimum absolute atomic E-state index is 0.0220. The zero-order valence-corrected chi connectivity index (χ0v) is 13.3. The number of nitrogens with one attached hydrogen (secondary N) is 2. The third kappa shape index (κ3) is 4.43. The maximum atomic E-state index is 12.2. The second kappa shape index (κ2) is 7.44. The number of aromatic nitrogens is 1. The monoisotopic (exact) mass is 331 g/mol. The van der Waals surface area contributed by atoms with Gasteiger partial charge < -0.3 is 15.4 Å². The van der Waals surface area contributed by atoms with Crippen molar-refractivity contribution < 1.29 is 9.53 Å². The SMILES string of the molecule is O=C(Nc1ccc(Oc2ccc(Cl)cc2)nc1)C1CCCNC1. The van der Waals surface area contributed by atoms with Crippen LogP contribution in [0.1, 0.15) is 12.8 Å². The van der Waals surface area contributed by atoms with Crippen molar-refractivity contribution in [2.45, 2.75) is 12.8 Å². The van der Waals surface area contributed by atoms with E-state index in [0.717, 1.165) is 25.9 Å². The van der Waals surface area contributed by atoms with Crippen LogP contribution in [-0.4, -0.2) is 24.0 Å². The normalized spacial score (nSPS) is 17.5. The van der Waals surface area contributed by atoms with E-state index < -0.39 is 0 Å².